The van der Waals surface area contributed by atoms with Crippen molar-refractivity contribution in [2.75, 3.05) is 32.7 Å². The van der Waals surface area contributed by atoms with Crippen LogP contribution >= 0.6 is 0 Å². The molecule has 4 rings (SSSR count). The molecule has 2 amide bonds. The van der Waals surface area contributed by atoms with E-state index in [9.17, 15) is 9.59 Å². The zero-order chi connectivity index (χ0) is 18.1. The van der Waals surface area contributed by atoms with Crippen LogP contribution in [0.3, 0.4) is 0 Å². The van der Waals surface area contributed by atoms with E-state index in [0.717, 1.165) is 30.3 Å². The van der Waals surface area contributed by atoms with Gasteiger partial charge >= 0.3 is 0 Å². The van der Waals surface area contributed by atoms with Gasteiger partial charge in [0.25, 0.3) is 11.6 Å². The van der Waals surface area contributed by atoms with Crippen molar-refractivity contribution in [3.63, 3.8) is 0 Å². The molecule has 0 bridgehead atoms. The van der Waals surface area contributed by atoms with Crippen molar-refractivity contribution >= 4 is 22.9 Å². The number of piperazine rings is 1. The summed E-state index contributed by atoms with van der Waals surface area (Å²) in [6.07, 6.45) is 4.47. The highest BCUT2D eigenvalue weighted by Gasteiger charge is 2.27. The molecule has 1 saturated heterocycles. The first-order valence-electron chi connectivity index (χ1n) is 9.19. The molecule has 1 aliphatic carbocycles. The lowest BCUT2D eigenvalue weighted by Gasteiger charge is -2.34. The van der Waals surface area contributed by atoms with Gasteiger partial charge in [0, 0.05) is 38.4 Å². The van der Waals surface area contributed by atoms with Crippen LogP contribution in [-0.2, 0) is 11.2 Å². The van der Waals surface area contributed by atoms with Gasteiger partial charge in [-0.1, -0.05) is 12.1 Å². The Morgan fingerprint density at radius 2 is 2.04 bits per heavy atom. The maximum Gasteiger partial charge on any atom is 0.257 e. The monoisotopic (exact) mass is 357 g/mol. The topological polar surface area (TPSA) is 91.6 Å². The molecule has 8 heteroatoms. The number of nitrogens with zero attached hydrogens (tertiary/aromatic N) is 4. The zero-order valence-electron chi connectivity index (χ0n) is 14.9. The van der Waals surface area contributed by atoms with Crippen molar-refractivity contribution in [3.8, 4) is 0 Å². The molecule has 1 aliphatic heterocycles. The van der Waals surface area contributed by atoms with Crippen LogP contribution in [0.4, 0.5) is 0 Å². The van der Waals surface area contributed by atoms with Gasteiger partial charge in [-0.15, -0.1) is 0 Å². The first kappa shape index (κ1) is 17.0. The molecule has 0 radical (unpaired) electrons. The summed E-state index contributed by atoms with van der Waals surface area (Å²) in [4.78, 5) is 32.8. The molecule has 0 spiro atoms. The number of rotatable bonds is 5. The van der Waals surface area contributed by atoms with E-state index in [1.54, 1.807) is 6.20 Å². The van der Waals surface area contributed by atoms with Crippen LogP contribution in [0.2, 0.25) is 0 Å². The summed E-state index contributed by atoms with van der Waals surface area (Å²) in [5.41, 5.74) is 1.83. The molecule has 2 aliphatic rings. The van der Waals surface area contributed by atoms with Crippen LogP contribution in [0.15, 0.2) is 16.8 Å². The first-order valence-corrected chi connectivity index (χ1v) is 9.19. The fourth-order valence-corrected chi connectivity index (χ4v) is 3.25. The second kappa shape index (κ2) is 7.03. The molecule has 8 nitrogen and oxygen atoms in total. The average Bonchev–Trinajstić information content (AvgIpc) is 3.37. The van der Waals surface area contributed by atoms with Gasteiger partial charge in [0.15, 0.2) is 0 Å². The second-order valence-corrected chi connectivity index (χ2v) is 6.97. The Hall–Kier alpha value is -2.48. The van der Waals surface area contributed by atoms with Crippen LogP contribution in [0, 0.1) is 0 Å². The normalized spacial score (nSPS) is 18.3. The van der Waals surface area contributed by atoms with Crippen molar-refractivity contribution in [2.24, 2.45) is 0 Å². The Morgan fingerprint density at radius 3 is 2.73 bits per heavy atom. The Kier molecular flexibility index (Phi) is 4.58. The molecule has 1 N–H and O–H groups in total. The maximum atomic E-state index is 12.8. The van der Waals surface area contributed by atoms with Crippen molar-refractivity contribution in [3.05, 3.63) is 23.5 Å². The Labute approximate surface area is 151 Å². The van der Waals surface area contributed by atoms with Crippen LogP contribution in [0.1, 0.15) is 35.8 Å². The summed E-state index contributed by atoms with van der Waals surface area (Å²) in [5, 5.41) is 7.78. The molecule has 138 valence electrons. The van der Waals surface area contributed by atoms with Crippen molar-refractivity contribution in [2.45, 2.75) is 32.2 Å². The molecule has 0 atom stereocenters. The van der Waals surface area contributed by atoms with Gasteiger partial charge in [-0.3, -0.25) is 14.5 Å². The van der Waals surface area contributed by atoms with Crippen molar-refractivity contribution < 1.29 is 14.1 Å². The fraction of sp³-hybridized carbons (Fsp3) is 0.556. The van der Waals surface area contributed by atoms with Gasteiger partial charge < -0.3 is 14.7 Å². The molecule has 3 heterocycles. The van der Waals surface area contributed by atoms with E-state index >= 15 is 0 Å². The molecular formula is C18H23N5O3. The number of hydrogen-bond acceptors (Lipinski definition) is 6. The predicted molar refractivity (Wildman–Crippen MR) is 94.7 cm³/mol. The molecule has 2 aromatic heterocycles. The minimum Gasteiger partial charge on any atom is -0.352 e. The number of pyridine rings is 1. The molecule has 2 aromatic rings. The van der Waals surface area contributed by atoms with E-state index in [1.807, 2.05) is 17.9 Å². The number of amides is 2. The number of aromatic nitrogens is 2. The third-order valence-electron chi connectivity index (χ3n) is 4.96. The van der Waals surface area contributed by atoms with Gasteiger partial charge in [0.05, 0.1) is 23.2 Å². The highest BCUT2D eigenvalue weighted by Crippen LogP contribution is 2.20. The average molecular weight is 357 g/mol. The first-order chi connectivity index (χ1) is 12.6. The van der Waals surface area contributed by atoms with Gasteiger partial charge in [-0.2, -0.15) is 0 Å². The summed E-state index contributed by atoms with van der Waals surface area (Å²) in [6, 6.07) is 2.20. The van der Waals surface area contributed by atoms with Crippen LogP contribution < -0.4 is 5.32 Å². The molecule has 26 heavy (non-hydrogen) atoms. The van der Waals surface area contributed by atoms with Gasteiger partial charge in [-0.05, 0) is 25.3 Å². The minimum atomic E-state index is -0.0373. The van der Waals surface area contributed by atoms with E-state index < -0.39 is 0 Å². The summed E-state index contributed by atoms with van der Waals surface area (Å²) >= 11 is 0. The number of carbonyl (C=O) groups excluding carboxylic acids is 2. The zero-order valence-corrected chi connectivity index (χ0v) is 14.9. The smallest absolute Gasteiger partial charge is 0.257 e. The van der Waals surface area contributed by atoms with Gasteiger partial charge in [-0.25, -0.2) is 4.98 Å². The lowest BCUT2D eigenvalue weighted by Crippen LogP contribution is -2.51. The Morgan fingerprint density at radius 1 is 1.27 bits per heavy atom. The molecule has 0 unspecified atom stereocenters. The van der Waals surface area contributed by atoms with Crippen LogP contribution in [0.5, 0.6) is 0 Å². The summed E-state index contributed by atoms with van der Waals surface area (Å²) in [6.45, 7) is 5.02. The Bertz CT molecular complexity index is 821. The molecule has 1 saturated carbocycles. The fourth-order valence-electron chi connectivity index (χ4n) is 3.25. The molecule has 2 fully saturated rings. The molecular weight excluding hydrogens is 334 g/mol. The van der Waals surface area contributed by atoms with E-state index in [0.29, 0.717) is 50.0 Å². The minimum absolute atomic E-state index is 0.0373. The SMILES string of the molecule is CCc1noc2ncc(C(=O)N3CCN(CC(=O)NC4CC4)CC3)cc12. The Balaban J connectivity index is 1.36. The van der Waals surface area contributed by atoms with E-state index in [4.69, 9.17) is 4.52 Å². The van der Waals surface area contributed by atoms with Gasteiger partial charge in [0.2, 0.25) is 5.91 Å². The third kappa shape index (κ3) is 3.55. The molecule has 0 aromatic carbocycles. The number of hydrogen-bond donors (Lipinski definition) is 1. The van der Waals surface area contributed by atoms with Gasteiger partial charge in [0.1, 0.15) is 0 Å². The number of fused-ring (bicyclic) bond motifs is 1. The van der Waals surface area contributed by atoms with Crippen molar-refractivity contribution in [1.82, 2.24) is 25.3 Å². The third-order valence-corrected chi connectivity index (χ3v) is 4.96. The predicted octanol–water partition coefficient (Wildman–Crippen LogP) is 0.822. The summed E-state index contributed by atoms with van der Waals surface area (Å²) in [7, 11) is 0. The highest BCUT2D eigenvalue weighted by atomic mass is 16.5. The lowest BCUT2D eigenvalue weighted by molar-refractivity contribution is -0.122. The highest BCUT2D eigenvalue weighted by molar-refractivity contribution is 5.97. The van der Waals surface area contributed by atoms with E-state index in [2.05, 4.69) is 20.4 Å². The summed E-state index contributed by atoms with van der Waals surface area (Å²) in [5.74, 6) is 0.0474. The number of aryl methyl sites for hydroxylation is 1. The quantitative estimate of drug-likeness (QED) is 0.852. The van der Waals surface area contributed by atoms with Crippen molar-refractivity contribution in [1.29, 1.82) is 0 Å². The number of carbonyl (C=O) groups is 2. The maximum absolute atomic E-state index is 12.8. The van der Waals surface area contributed by atoms with Crippen LogP contribution in [-0.4, -0.2) is 70.5 Å². The van der Waals surface area contributed by atoms with E-state index in [-0.39, 0.29) is 11.8 Å². The number of nitrogens with one attached hydrogen (secondary N) is 1. The van der Waals surface area contributed by atoms with Crippen LogP contribution in [0.25, 0.3) is 11.1 Å². The summed E-state index contributed by atoms with van der Waals surface area (Å²) < 4.78 is 5.17. The standard InChI is InChI=1S/C18H23N5O3/c1-2-15-14-9-12(10-19-17(14)26-21-15)18(25)23-7-5-22(6-8-23)11-16(24)20-13-3-4-13/h9-10,13H,2-8,11H2,1H3,(H,20,24). The largest absolute Gasteiger partial charge is 0.352 e. The lowest BCUT2D eigenvalue weighted by atomic mass is 10.1. The van der Waals surface area contributed by atoms with E-state index in [1.165, 1.54) is 0 Å². The second-order valence-electron chi connectivity index (χ2n) is 6.97.